The van der Waals surface area contributed by atoms with Crippen molar-refractivity contribution in [2.24, 2.45) is 7.05 Å². The van der Waals surface area contributed by atoms with Crippen LogP contribution in [0.3, 0.4) is 0 Å². The number of rotatable bonds is 0. The van der Waals surface area contributed by atoms with E-state index in [2.05, 4.69) is 4.98 Å². The van der Waals surface area contributed by atoms with Gasteiger partial charge in [0.1, 0.15) is 16.7 Å². The number of halogens is 1. The van der Waals surface area contributed by atoms with Crippen LogP contribution in [0.5, 0.6) is 5.75 Å². The van der Waals surface area contributed by atoms with Crippen molar-refractivity contribution in [2.75, 3.05) is 0 Å². The fourth-order valence-corrected chi connectivity index (χ4v) is 1.62. The Hall–Kier alpha value is -2.06. The number of aryl methyl sites for hydroxylation is 1. The molecule has 0 saturated carbocycles. The van der Waals surface area contributed by atoms with E-state index in [0.717, 1.165) is 0 Å². The van der Waals surface area contributed by atoms with E-state index in [9.17, 15) is 9.90 Å². The summed E-state index contributed by atoms with van der Waals surface area (Å²) in [7, 11) is 1.50. The molecule has 0 aromatic carbocycles. The zero-order valence-electron chi connectivity index (χ0n) is 8.23. The van der Waals surface area contributed by atoms with Gasteiger partial charge in [-0.1, -0.05) is 11.6 Å². The van der Waals surface area contributed by atoms with Gasteiger partial charge in [-0.05, 0) is 12.1 Å². The molecule has 2 aromatic heterocycles. The van der Waals surface area contributed by atoms with Gasteiger partial charge in [-0.15, -0.1) is 0 Å². The number of hydrogen-bond donors (Lipinski definition) is 1. The highest BCUT2D eigenvalue weighted by Crippen LogP contribution is 2.24. The molecule has 80 valence electrons. The SMILES string of the molecule is Cn1c(=O)c(C#N)c(O)c2nc(Cl)ccc21. The van der Waals surface area contributed by atoms with Crippen molar-refractivity contribution in [3.8, 4) is 11.8 Å². The van der Waals surface area contributed by atoms with Crippen LogP contribution in [0.1, 0.15) is 5.56 Å². The first kappa shape index (κ1) is 10.5. The highest BCUT2D eigenvalue weighted by atomic mass is 35.5. The molecular formula is C10H6ClN3O2. The third-order valence-corrected chi connectivity index (χ3v) is 2.50. The summed E-state index contributed by atoms with van der Waals surface area (Å²) in [5.41, 5.74) is -0.321. The predicted octanol–water partition coefficient (Wildman–Crippen LogP) is 1.16. The molecule has 0 amide bonds. The average Bonchev–Trinajstić information content (AvgIpc) is 2.27. The normalized spacial score (nSPS) is 10.3. The van der Waals surface area contributed by atoms with E-state index < -0.39 is 11.3 Å². The Bertz CT molecular complexity index is 685. The third kappa shape index (κ3) is 1.32. The van der Waals surface area contributed by atoms with Gasteiger partial charge in [-0.3, -0.25) is 4.79 Å². The second-order valence-electron chi connectivity index (χ2n) is 3.20. The maximum Gasteiger partial charge on any atom is 0.272 e. The number of aromatic nitrogens is 2. The summed E-state index contributed by atoms with van der Waals surface area (Å²) in [6.07, 6.45) is 0. The molecule has 0 fully saturated rings. The molecular weight excluding hydrogens is 230 g/mol. The van der Waals surface area contributed by atoms with Crippen molar-refractivity contribution in [1.29, 1.82) is 5.26 Å². The smallest absolute Gasteiger partial charge is 0.272 e. The van der Waals surface area contributed by atoms with Crippen molar-refractivity contribution in [3.05, 3.63) is 33.2 Å². The summed E-state index contributed by atoms with van der Waals surface area (Å²) >= 11 is 5.69. The lowest BCUT2D eigenvalue weighted by Crippen LogP contribution is -2.20. The van der Waals surface area contributed by atoms with Crippen LogP contribution in [-0.2, 0) is 7.05 Å². The van der Waals surface area contributed by atoms with Crippen molar-refractivity contribution < 1.29 is 5.11 Å². The Balaban J connectivity index is 3.10. The van der Waals surface area contributed by atoms with Crippen molar-refractivity contribution in [2.45, 2.75) is 0 Å². The largest absolute Gasteiger partial charge is 0.504 e. The summed E-state index contributed by atoms with van der Waals surface area (Å²) in [4.78, 5) is 15.5. The molecule has 2 aromatic rings. The highest BCUT2D eigenvalue weighted by Gasteiger charge is 2.15. The van der Waals surface area contributed by atoms with E-state index >= 15 is 0 Å². The molecule has 2 rings (SSSR count). The fourth-order valence-electron chi connectivity index (χ4n) is 1.47. The van der Waals surface area contributed by atoms with Crippen LogP contribution >= 0.6 is 11.6 Å². The summed E-state index contributed by atoms with van der Waals surface area (Å²) in [5, 5.41) is 18.7. The van der Waals surface area contributed by atoms with Crippen LogP contribution in [0, 0.1) is 11.3 Å². The van der Waals surface area contributed by atoms with E-state index in [0.29, 0.717) is 5.52 Å². The van der Waals surface area contributed by atoms with Crippen LogP contribution in [0.15, 0.2) is 16.9 Å². The number of fused-ring (bicyclic) bond motifs is 1. The topological polar surface area (TPSA) is 78.9 Å². The minimum absolute atomic E-state index is 0.145. The van der Waals surface area contributed by atoms with Gasteiger partial charge in [0, 0.05) is 7.05 Å². The fraction of sp³-hybridized carbons (Fsp3) is 0.100. The maximum atomic E-state index is 11.6. The Kier molecular flexibility index (Phi) is 2.29. The molecule has 0 spiro atoms. The molecule has 16 heavy (non-hydrogen) atoms. The van der Waals surface area contributed by atoms with Gasteiger partial charge in [0.2, 0.25) is 0 Å². The third-order valence-electron chi connectivity index (χ3n) is 2.29. The number of nitrogens with zero attached hydrogens (tertiary/aromatic N) is 3. The molecule has 0 bridgehead atoms. The average molecular weight is 236 g/mol. The van der Waals surface area contributed by atoms with E-state index in [1.807, 2.05) is 0 Å². The quantitative estimate of drug-likeness (QED) is 0.695. The maximum absolute atomic E-state index is 11.6. The van der Waals surface area contributed by atoms with E-state index in [1.54, 1.807) is 12.1 Å². The second kappa shape index (κ2) is 3.51. The lowest BCUT2D eigenvalue weighted by Gasteiger charge is -2.07. The van der Waals surface area contributed by atoms with Crippen molar-refractivity contribution >= 4 is 22.6 Å². The van der Waals surface area contributed by atoms with Gasteiger partial charge in [0.15, 0.2) is 11.3 Å². The zero-order valence-corrected chi connectivity index (χ0v) is 8.99. The van der Waals surface area contributed by atoms with Gasteiger partial charge in [0.05, 0.1) is 5.52 Å². The minimum atomic E-state index is -0.559. The summed E-state index contributed by atoms with van der Waals surface area (Å²) in [6, 6.07) is 4.72. The summed E-state index contributed by atoms with van der Waals surface area (Å²) in [6.45, 7) is 0. The first-order valence-electron chi connectivity index (χ1n) is 4.34. The Morgan fingerprint density at radius 2 is 2.25 bits per heavy atom. The highest BCUT2D eigenvalue weighted by molar-refractivity contribution is 6.29. The number of pyridine rings is 2. The van der Waals surface area contributed by atoms with Crippen molar-refractivity contribution in [3.63, 3.8) is 0 Å². The Labute approximate surface area is 95.1 Å². The molecule has 0 unspecified atom stereocenters. The van der Waals surface area contributed by atoms with Gasteiger partial charge in [0.25, 0.3) is 5.56 Å². The Morgan fingerprint density at radius 3 is 2.88 bits per heavy atom. The van der Waals surface area contributed by atoms with E-state index in [4.69, 9.17) is 16.9 Å². The van der Waals surface area contributed by atoms with Crippen LogP contribution in [0.25, 0.3) is 11.0 Å². The number of nitriles is 1. The molecule has 5 nitrogen and oxygen atoms in total. The molecule has 2 heterocycles. The van der Waals surface area contributed by atoms with Gasteiger partial charge >= 0.3 is 0 Å². The van der Waals surface area contributed by atoms with E-state index in [1.165, 1.54) is 17.7 Å². The second-order valence-corrected chi connectivity index (χ2v) is 3.59. The summed E-state index contributed by atoms with van der Waals surface area (Å²) in [5.74, 6) is -0.428. The van der Waals surface area contributed by atoms with Gasteiger partial charge < -0.3 is 9.67 Å². The first-order chi connectivity index (χ1) is 7.56. The molecule has 0 saturated heterocycles. The standard InChI is InChI=1S/C10H6ClN3O2/c1-14-6-2-3-7(11)13-8(6)9(15)5(4-12)10(14)16/h2-3,15H,1H3. The van der Waals surface area contributed by atoms with Crippen LogP contribution in [-0.4, -0.2) is 14.7 Å². The Morgan fingerprint density at radius 1 is 1.56 bits per heavy atom. The lowest BCUT2D eigenvalue weighted by molar-refractivity contribution is 0.476. The summed E-state index contributed by atoms with van der Waals surface area (Å²) < 4.78 is 1.25. The molecule has 6 heteroatoms. The minimum Gasteiger partial charge on any atom is -0.504 e. The number of aromatic hydroxyl groups is 1. The van der Waals surface area contributed by atoms with Crippen LogP contribution in [0.4, 0.5) is 0 Å². The lowest BCUT2D eigenvalue weighted by atomic mass is 10.2. The zero-order chi connectivity index (χ0) is 11.9. The molecule has 0 aliphatic carbocycles. The van der Waals surface area contributed by atoms with Gasteiger partial charge in [-0.2, -0.15) is 5.26 Å². The van der Waals surface area contributed by atoms with Crippen LogP contribution in [0.2, 0.25) is 5.15 Å². The molecule has 0 radical (unpaired) electrons. The predicted molar refractivity (Wildman–Crippen MR) is 58.4 cm³/mol. The van der Waals surface area contributed by atoms with Crippen LogP contribution < -0.4 is 5.56 Å². The first-order valence-corrected chi connectivity index (χ1v) is 4.72. The molecule has 1 N–H and O–H groups in total. The number of hydrogen-bond acceptors (Lipinski definition) is 4. The van der Waals surface area contributed by atoms with Crippen molar-refractivity contribution in [1.82, 2.24) is 9.55 Å². The molecule has 0 aliphatic rings. The van der Waals surface area contributed by atoms with Gasteiger partial charge in [-0.25, -0.2) is 4.98 Å². The molecule has 0 atom stereocenters. The monoisotopic (exact) mass is 235 g/mol. The molecule has 0 aliphatic heterocycles. The van der Waals surface area contributed by atoms with E-state index in [-0.39, 0.29) is 16.2 Å².